The van der Waals surface area contributed by atoms with Crippen molar-refractivity contribution >= 4 is 0 Å². The summed E-state index contributed by atoms with van der Waals surface area (Å²) in [4.78, 5) is 0. The van der Waals surface area contributed by atoms with E-state index in [9.17, 15) is 13.2 Å². The van der Waals surface area contributed by atoms with Gasteiger partial charge in [-0.15, -0.1) is 0 Å². The molecule has 1 rings (SSSR count). The zero-order valence-corrected chi connectivity index (χ0v) is 9.42. The first-order valence-electron chi connectivity index (χ1n) is 5.12. The van der Waals surface area contributed by atoms with E-state index in [0.717, 1.165) is 6.07 Å². The van der Waals surface area contributed by atoms with Crippen LogP contribution in [0.4, 0.5) is 13.2 Å². The lowest BCUT2D eigenvalue weighted by molar-refractivity contribution is -0.138. The number of halogens is 3. The molecule has 6 heteroatoms. The summed E-state index contributed by atoms with van der Waals surface area (Å²) in [5.41, 5.74) is 1.86. The Bertz CT molecular complexity index is 355. The van der Waals surface area contributed by atoms with Gasteiger partial charge >= 0.3 is 6.18 Å². The summed E-state index contributed by atoms with van der Waals surface area (Å²) < 4.78 is 43.1. The van der Waals surface area contributed by atoms with E-state index in [4.69, 9.17) is 10.6 Å². The first-order valence-corrected chi connectivity index (χ1v) is 5.12. The van der Waals surface area contributed by atoms with Crippen LogP contribution in [0.15, 0.2) is 24.3 Å². The van der Waals surface area contributed by atoms with Crippen LogP contribution in [0.2, 0.25) is 0 Å². The van der Waals surface area contributed by atoms with Gasteiger partial charge in [0.05, 0.1) is 5.56 Å². The molecular weight excluding hydrogens is 233 g/mol. The molecule has 3 N–H and O–H groups in total. The van der Waals surface area contributed by atoms with Gasteiger partial charge in [0, 0.05) is 19.8 Å². The van der Waals surface area contributed by atoms with Crippen LogP contribution in [0.25, 0.3) is 0 Å². The van der Waals surface area contributed by atoms with Crippen LogP contribution < -0.4 is 11.3 Å². The Morgan fingerprint density at radius 3 is 2.53 bits per heavy atom. The normalized spacial score (nSPS) is 13.7. The zero-order chi connectivity index (χ0) is 12.9. The molecule has 3 nitrogen and oxygen atoms in total. The lowest BCUT2D eigenvalue weighted by Crippen LogP contribution is -2.30. The molecule has 0 bridgehead atoms. The third kappa shape index (κ3) is 3.69. The van der Waals surface area contributed by atoms with Crippen LogP contribution in [-0.4, -0.2) is 13.7 Å². The van der Waals surface area contributed by atoms with Crippen molar-refractivity contribution in [3.8, 4) is 0 Å². The van der Waals surface area contributed by atoms with Gasteiger partial charge < -0.3 is 4.74 Å². The molecule has 0 aliphatic heterocycles. The zero-order valence-electron chi connectivity index (χ0n) is 9.42. The Balaban J connectivity index is 3.02. The standard InChI is InChI=1S/C11H15F3N2O/c1-17-7-6-10(16-15)8-4-2-3-5-9(8)11(12,13)14/h2-5,10,16H,6-7,15H2,1H3. The number of methoxy groups -OCH3 is 1. The van der Waals surface area contributed by atoms with E-state index in [1.807, 2.05) is 0 Å². The fourth-order valence-corrected chi connectivity index (χ4v) is 1.62. The van der Waals surface area contributed by atoms with Crippen LogP contribution >= 0.6 is 0 Å². The molecule has 0 spiro atoms. The summed E-state index contributed by atoms with van der Waals surface area (Å²) in [5, 5.41) is 0. The van der Waals surface area contributed by atoms with Gasteiger partial charge in [-0.05, 0) is 18.1 Å². The molecular formula is C11H15F3N2O. The van der Waals surface area contributed by atoms with E-state index in [1.54, 1.807) is 6.07 Å². The minimum Gasteiger partial charge on any atom is -0.385 e. The van der Waals surface area contributed by atoms with Crippen LogP contribution in [0.5, 0.6) is 0 Å². The topological polar surface area (TPSA) is 47.3 Å². The Labute approximate surface area is 97.7 Å². The van der Waals surface area contributed by atoms with Crippen molar-refractivity contribution in [2.75, 3.05) is 13.7 Å². The van der Waals surface area contributed by atoms with Crippen molar-refractivity contribution in [1.29, 1.82) is 0 Å². The first-order chi connectivity index (χ1) is 8.00. The summed E-state index contributed by atoms with van der Waals surface area (Å²) >= 11 is 0. The molecule has 0 aliphatic rings. The molecule has 0 radical (unpaired) electrons. The van der Waals surface area contributed by atoms with Gasteiger partial charge in [-0.1, -0.05) is 18.2 Å². The minimum absolute atomic E-state index is 0.138. The van der Waals surface area contributed by atoms with E-state index in [0.29, 0.717) is 13.0 Å². The van der Waals surface area contributed by atoms with Gasteiger partial charge in [0.15, 0.2) is 0 Å². The number of ether oxygens (including phenoxy) is 1. The molecule has 0 amide bonds. The van der Waals surface area contributed by atoms with E-state index in [-0.39, 0.29) is 5.56 Å². The Morgan fingerprint density at radius 1 is 1.35 bits per heavy atom. The summed E-state index contributed by atoms with van der Waals surface area (Å²) in [6.45, 7) is 0.334. The number of hydrazine groups is 1. The van der Waals surface area contributed by atoms with Gasteiger partial charge in [-0.3, -0.25) is 11.3 Å². The molecule has 1 aromatic rings. The fraction of sp³-hybridized carbons (Fsp3) is 0.455. The molecule has 1 unspecified atom stereocenters. The van der Waals surface area contributed by atoms with Crippen LogP contribution in [0, 0.1) is 0 Å². The lowest BCUT2D eigenvalue weighted by atomic mass is 9.98. The largest absolute Gasteiger partial charge is 0.416 e. The Hall–Kier alpha value is -1.11. The third-order valence-corrected chi connectivity index (χ3v) is 2.45. The SMILES string of the molecule is COCCC(NN)c1ccccc1C(F)(F)F. The highest BCUT2D eigenvalue weighted by Gasteiger charge is 2.34. The number of rotatable bonds is 5. The molecule has 96 valence electrons. The maximum atomic E-state index is 12.8. The number of hydrogen-bond donors (Lipinski definition) is 2. The molecule has 17 heavy (non-hydrogen) atoms. The molecule has 0 heterocycles. The lowest BCUT2D eigenvalue weighted by Gasteiger charge is -2.20. The summed E-state index contributed by atoms with van der Waals surface area (Å²) in [6, 6.07) is 4.81. The maximum absolute atomic E-state index is 12.8. The first kappa shape index (κ1) is 14.0. The van der Waals surface area contributed by atoms with Crippen LogP contribution in [-0.2, 0) is 10.9 Å². The van der Waals surface area contributed by atoms with Crippen molar-refractivity contribution in [3.05, 3.63) is 35.4 Å². The smallest absolute Gasteiger partial charge is 0.385 e. The fourth-order valence-electron chi connectivity index (χ4n) is 1.62. The number of nitrogens with one attached hydrogen (secondary N) is 1. The Kier molecular flexibility index (Phi) is 4.92. The molecule has 1 aromatic carbocycles. The second-order valence-electron chi connectivity index (χ2n) is 3.59. The summed E-state index contributed by atoms with van der Waals surface area (Å²) in [6.07, 6.45) is -4.00. The van der Waals surface area contributed by atoms with E-state index >= 15 is 0 Å². The predicted octanol–water partition coefficient (Wildman–Crippen LogP) is 2.25. The molecule has 0 saturated heterocycles. The van der Waals surface area contributed by atoms with Crippen molar-refractivity contribution in [2.24, 2.45) is 5.84 Å². The monoisotopic (exact) mass is 248 g/mol. The van der Waals surface area contributed by atoms with E-state index < -0.39 is 17.8 Å². The average molecular weight is 248 g/mol. The van der Waals surface area contributed by atoms with E-state index in [2.05, 4.69) is 5.43 Å². The average Bonchev–Trinajstić information content (AvgIpc) is 2.29. The molecule has 0 aromatic heterocycles. The van der Waals surface area contributed by atoms with Gasteiger partial charge in [-0.25, -0.2) is 0 Å². The highest BCUT2D eigenvalue weighted by Crippen LogP contribution is 2.35. The third-order valence-electron chi connectivity index (χ3n) is 2.45. The highest BCUT2D eigenvalue weighted by atomic mass is 19.4. The van der Waals surface area contributed by atoms with E-state index in [1.165, 1.54) is 19.2 Å². The van der Waals surface area contributed by atoms with Gasteiger partial charge in [0.1, 0.15) is 0 Å². The van der Waals surface area contributed by atoms with Crippen molar-refractivity contribution in [2.45, 2.75) is 18.6 Å². The van der Waals surface area contributed by atoms with Crippen molar-refractivity contribution < 1.29 is 17.9 Å². The molecule has 0 fully saturated rings. The number of nitrogens with two attached hydrogens (primary N) is 1. The number of benzene rings is 1. The maximum Gasteiger partial charge on any atom is 0.416 e. The molecule has 0 saturated carbocycles. The Morgan fingerprint density at radius 2 is 2.00 bits per heavy atom. The summed E-state index contributed by atoms with van der Waals surface area (Å²) in [5.74, 6) is 5.28. The molecule has 0 aliphatic carbocycles. The molecule has 1 atom stereocenters. The predicted molar refractivity (Wildman–Crippen MR) is 58.0 cm³/mol. The quantitative estimate of drug-likeness (QED) is 0.620. The highest BCUT2D eigenvalue weighted by molar-refractivity contribution is 5.32. The van der Waals surface area contributed by atoms with Crippen LogP contribution in [0.1, 0.15) is 23.6 Å². The van der Waals surface area contributed by atoms with Crippen molar-refractivity contribution in [1.82, 2.24) is 5.43 Å². The number of alkyl halides is 3. The van der Waals surface area contributed by atoms with Gasteiger partial charge in [-0.2, -0.15) is 13.2 Å². The van der Waals surface area contributed by atoms with Gasteiger partial charge in [0.2, 0.25) is 0 Å². The van der Waals surface area contributed by atoms with Gasteiger partial charge in [0.25, 0.3) is 0 Å². The second kappa shape index (κ2) is 6.00. The van der Waals surface area contributed by atoms with Crippen molar-refractivity contribution in [3.63, 3.8) is 0 Å². The van der Waals surface area contributed by atoms with Crippen LogP contribution in [0.3, 0.4) is 0 Å². The second-order valence-corrected chi connectivity index (χ2v) is 3.59. The summed E-state index contributed by atoms with van der Waals surface area (Å²) in [7, 11) is 1.49. The minimum atomic E-state index is -4.38. The number of hydrogen-bond acceptors (Lipinski definition) is 3.